The van der Waals surface area contributed by atoms with E-state index in [0.717, 1.165) is 24.7 Å². The molecule has 172 valence electrons. The first kappa shape index (κ1) is 22.9. The number of alkyl halides is 3. The van der Waals surface area contributed by atoms with Crippen LogP contribution in [-0.4, -0.2) is 42.5 Å². The van der Waals surface area contributed by atoms with Gasteiger partial charge >= 0.3 is 6.18 Å². The number of nitrogens with zero attached hydrogens (tertiary/aromatic N) is 2. The van der Waals surface area contributed by atoms with Crippen molar-refractivity contribution in [3.8, 4) is 0 Å². The van der Waals surface area contributed by atoms with Gasteiger partial charge < -0.3 is 0 Å². The van der Waals surface area contributed by atoms with E-state index in [-0.39, 0.29) is 28.7 Å². The number of rotatable bonds is 5. The summed E-state index contributed by atoms with van der Waals surface area (Å²) in [4.78, 5) is 14.1. The number of ketones is 1. The van der Waals surface area contributed by atoms with E-state index in [1.165, 1.54) is 16.8 Å². The Kier molecular flexibility index (Phi) is 6.17. The zero-order valence-electron chi connectivity index (χ0n) is 17.7. The Balaban J connectivity index is 1.59. The number of halogens is 3. The van der Waals surface area contributed by atoms with Crippen molar-refractivity contribution in [3.05, 3.63) is 65.2 Å². The third-order valence-corrected chi connectivity index (χ3v) is 8.24. The molecule has 2 aromatic carbocycles. The van der Waals surface area contributed by atoms with Gasteiger partial charge in [0.05, 0.1) is 16.5 Å². The number of Topliss-reactive ketones (excluding diaryl/α,β-unsaturated/α-hetero) is 1. The van der Waals surface area contributed by atoms with Crippen molar-refractivity contribution in [3.63, 3.8) is 0 Å². The van der Waals surface area contributed by atoms with Gasteiger partial charge in [0.1, 0.15) is 5.78 Å². The van der Waals surface area contributed by atoms with Crippen LogP contribution in [0.2, 0.25) is 0 Å². The van der Waals surface area contributed by atoms with Gasteiger partial charge in [-0.15, -0.1) is 0 Å². The molecule has 5 nitrogen and oxygen atoms in total. The van der Waals surface area contributed by atoms with Crippen molar-refractivity contribution in [2.45, 2.75) is 55.9 Å². The summed E-state index contributed by atoms with van der Waals surface area (Å²) in [5.74, 6) is -0.262. The first-order valence-corrected chi connectivity index (χ1v) is 12.0. The van der Waals surface area contributed by atoms with Crippen LogP contribution in [0, 0.1) is 0 Å². The van der Waals surface area contributed by atoms with Crippen molar-refractivity contribution < 1.29 is 26.4 Å². The fourth-order valence-corrected chi connectivity index (χ4v) is 6.82. The fraction of sp³-hybridized carbons (Fsp3) is 0.435. The third kappa shape index (κ3) is 4.46. The van der Waals surface area contributed by atoms with Crippen molar-refractivity contribution in [2.24, 2.45) is 0 Å². The molecule has 0 aliphatic carbocycles. The summed E-state index contributed by atoms with van der Waals surface area (Å²) < 4.78 is 67.8. The van der Waals surface area contributed by atoms with E-state index < -0.39 is 27.8 Å². The minimum absolute atomic E-state index is 0.0711. The number of hydrogen-bond acceptors (Lipinski definition) is 4. The molecule has 0 radical (unpaired) electrons. The highest BCUT2D eigenvalue weighted by molar-refractivity contribution is 7.89. The molecule has 1 fully saturated rings. The largest absolute Gasteiger partial charge is 0.416 e. The molecular formula is C23H25F3N2O3S. The molecule has 1 saturated heterocycles. The van der Waals surface area contributed by atoms with E-state index in [9.17, 15) is 26.4 Å². The second-order valence-corrected chi connectivity index (χ2v) is 10.3. The van der Waals surface area contributed by atoms with E-state index in [1.54, 1.807) is 0 Å². The normalized spacial score (nSPS) is 22.1. The topological polar surface area (TPSA) is 57.7 Å². The average molecular weight is 467 g/mol. The molecule has 0 N–H and O–H groups in total. The highest BCUT2D eigenvalue weighted by atomic mass is 32.2. The first-order chi connectivity index (χ1) is 15.1. The number of benzene rings is 2. The van der Waals surface area contributed by atoms with Gasteiger partial charge in [0.2, 0.25) is 10.0 Å². The van der Waals surface area contributed by atoms with Crippen molar-refractivity contribution in [1.82, 2.24) is 9.21 Å². The lowest BCUT2D eigenvalue weighted by Crippen LogP contribution is -2.46. The van der Waals surface area contributed by atoms with Crippen molar-refractivity contribution >= 4 is 15.8 Å². The quantitative estimate of drug-likeness (QED) is 0.656. The van der Waals surface area contributed by atoms with Crippen LogP contribution in [-0.2, 0) is 27.5 Å². The van der Waals surface area contributed by atoms with Crippen LogP contribution in [0.4, 0.5) is 13.2 Å². The van der Waals surface area contributed by atoms with Gasteiger partial charge in [-0.2, -0.15) is 17.5 Å². The predicted molar refractivity (Wildman–Crippen MR) is 113 cm³/mol. The second kappa shape index (κ2) is 8.61. The zero-order valence-corrected chi connectivity index (χ0v) is 18.5. The molecule has 0 bridgehead atoms. The van der Waals surface area contributed by atoms with E-state index in [2.05, 4.69) is 4.90 Å². The Morgan fingerprint density at radius 3 is 2.31 bits per heavy atom. The highest BCUT2D eigenvalue weighted by Crippen LogP contribution is 2.46. The minimum Gasteiger partial charge on any atom is -0.300 e. The van der Waals surface area contributed by atoms with Gasteiger partial charge in [-0.1, -0.05) is 30.3 Å². The molecule has 2 heterocycles. The van der Waals surface area contributed by atoms with Gasteiger partial charge in [0, 0.05) is 32.1 Å². The summed E-state index contributed by atoms with van der Waals surface area (Å²) >= 11 is 0. The zero-order chi connectivity index (χ0) is 23.1. The van der Waals surface area contributed by atoms with E-state index in [1.807, 2.05) is 30.3 Å². The van der Waals surface area contributed by atoms with Gasteiger partial charge in [0.15, 0.2) is 0 Å². The summed E-state index contributed by atoms with van der Waals surface area (Å²) in [5, 5.41) is 0. The standard InChI is InChI=1S/C23H25F3N2O3S/c1-16(29)13-21-20-14-18(23(24,25)26)7-8-22(20)32(30,31)28(21)19-9-11-27(12-10-19)15-17-5-3-2-4-6-17/h2-8,14,19,21H,9-13,15H2,1H3/t21-/m0/s1. The Morgan fingerprint density at radius 2 is 1.72 bits per heavy atom. The van der Waals surface area contributed by atoms with Crippen LogP contribution in [0.25, 0.3) is 0 Å². The Hall–Kier alpha value is -2.23. The van der Waals surface area contributed by atoms with Gasteiger partial charge in [0.25, 0.3) is 0 Å². The predicted octanol–water partition coefficient (Wildman–Crippen LogP) is 4.39. The van der Waals surface area contributed by atoms with Crippen LogP contribution >= 0.6 is 0 Å². The maximum absolute atomic E-state index is 13.3. The van der Waals surface area contributed by atoms with E-state index in [0.29, 0.717) is 25.9 Å². The number of likely N-dealkylation sites (tertiary alicyclic amines) is 1. The molecule has 32 heavy (non-hydrogen) atoms. The lowest BCUT2D eigenvalue weighted by atomic mass is 9.96. The fourth-order valence-electron chi connectivity index (χ4n) is 4.73. The Labute approximate surface area is 185 Å². The van der Waals surface area contributed by atoms with E-state index >= 15 is 0 Å². The number of carbonyl (C=O) groups is 1. The third-order valence-electron chi connectivity index (χ3n) is 6.21. The van der Waals surface area contributed by atoms with Crippen LogP contribution < -0.4 is 0 Å². The highest BCUT2D eigenvalue weighted by Gasteiger charge is 2.48. The smallest absolute Gasteiger partial charge is 0.300 e. The number of sulfonamides is 1. The number of piperidine rings is 1. The van der Waals surface area contributed by atoms with Crippen LogP contribution in [0.15, 0.2) is 53.4 Å². The molecule has 9 heteroatoms. The molecule has 4 rings (SSSR count). The Morgan fingerprint density at radius 1 is 1.06 bits per heavy atom. The molecule has 2 aliphatic heterocycles. The average Bonchev–Trinajstić information content (AvgIpc) is 2.95. The molecule has 0 spiro atoms. The number of carbonyl (C=O) groups excluding carboxylic acids is 1. The lowest BCUT2D eigenvalue weighted by molar-refractivity contribution is -0.137. The van der Waals surface area contributed by atoms with Crippen molar-refractivity contribution in [1.29, 1.82) is 0 Å². The van der Waals surface area contributed by atoms with E-state index in [4.69, 9.17) is 0 Å². The number of hydrogen-bond donors (Lipinski definition) is 0. The molecule has 2 aromatic rings. The minimum atomic E-state index is -4.59. The summed E-state index contributed by atoms with van der Waals surface area (Å²) in [7, 11) is -3.98. The molecule has 2 aliphatic rings. The maximum atomic E-state index is 13.3. The Bertz CT molecular complexity index is 1100. The number of fused-ring (bicyclic) bond motifs is 1. The summed E-state index contributed by atoms with van der Waals surface area (Å²) in [5.41, 5.74) is 0.336. The molecule has 1 atom stereocenters. The lowest BCUT2D eigenvalue weighted by Gasteiger charge is -2.38. The molecule has 0 unspecified atom stereocenters. The summed E-state index contributed by atoms with van der Waals surface area (Å²) in [6.07, 6.45) is -3.62. The summed E-state index contributed by atoms with van der Waals surface area (Å²) in [6, 6.07) is 11.4. The van der Waals surface area contributed by atoms with Crippen LogP contribution in [0.1, 0.15) is 48.9 Å². The van der Waals surface area contributed by atoms with Gasteiger partial charge in [-0.05, 0) is 49.1 Å². The van der Waals surface area contributed by atoms with Gasteiger partial charge in [-0.25, -0.2) is 8.42 Å². The second-order valence-electron chi connectivity index (χ2n) is 8.50. The van der Waals surface area contributed by atoms with Crippen LogP contribution in [0.3, 0.4) is 0 Å². The molecule has 0 aromatic heterocycles. The molecule has 0 amide bonds. The summed E-state index contributed by atoms with van der Waals surface area (Å²) in [6.45, 7) is 3.43. The first-order valence-electron chi connectivity index (χ1n) is 10.6. The molecule has 0 saturated carbocycles. The van der Waals surface area contributed by atoms with Crippen LogP contribution in [0.5, 0.6) is 0 Å². The monoisotopic (exact) mass is 466 g/mol. The SMILES string of the molecule is CC(=O)C[C@H]1c2cc(C(F)(F)F)ccc2S(=O)(=O)N1C1CCN(Cc2ccccc2)CC1. The van der Waals surface area contributed by atoms with Gasteiger partial charge in [-0.3, -0.25) is 9.69 Å². The maximum Gasteiger partial charge on any atom is 0.416 e. The molecular weight excluding hydrogens is 441 g/mol. The van der Waals surface area contributed by atoms with Crippen molar-refractivity contribution in [2.75, 3.05) is 13.1 Å².